The molecule has 0 aromatic carbocycles. The molecule has 1 aliphatic heterocycles. The van der Waals surface area contributed by atoms with Gasteiger partial charge in [0.2, 0.25) is 5.75 Å². The van der Waals surface area contributed by atoms with E-state index in [1.54, 1.807) is 11.5 Å². The summed E-state index contributed by atoms with van der Waals surface area (Å²) in [6.45, 7) is 2.27. The Balaban J connectivity index is 2.66. The summed E-state index contributed by atoms with van der Waals surface area (Å²) in [6, 6.07) is 0. The fourth-order valence-corrected chi connectivity index (χ4v) is 2.69. The summed E-state index contributed by atoms with van der Waals surface area (Å²) < 4.78 is 1.55. The molecule has 1 aliphatic rings. The van der Waals surface area contributed by atoms with Crippen LogP contribution < -0.4 is 5.56 Å². The van der Waals surface area contributed by atoms with E-state index in [1.807, 2.05) is 0 Å². The molecule has 0 radical (unpaired) electrons. The molecule has 1 N–H and O–H groups in total. The number of aromatic nitrogens is 2. The first-order valence-corrected chi connectivity index (χ1v) is 6.09. The maximum Gasteiger partial charge on any atom is 0.296 e. The van der Waals surface area contributed by atoms with Crippen LogP contribution in [-0.4, -0.2) is 26.3 Å². The average molecular weight is 212 g/mol. The van der Waals surface area contributed by atoms with Crippen LogP contribution >= 0.6 is 10.5 Å². The van der Waals surface area contributed by atoms with Gasteiger partial charge in [-0.3, -0.25) is 9.36 Å². The van der Waals surface area contributed by atoms with Crippen molar-refractivity contribution >= 4 is 16.4 Å². The molecule has 1 aromatic heterocycles. The van der Waals surface area contributed by atoms with Gasteiger partial charge >= 0.3 is 0 Å². The number of fused-ring (bicyclic) bond motifs is 1. The van der Waals surface area contributed by atoms with Crippen molar-refractivity contribution in [2.45, 2.75) is 19.2 Å². The maximum atomic E-state index is 11.6. The normalized spacial score (nSPS) is 20.5. The molecule has 0 aliphatic carbocycles. The van der Waals surface area contributed by atoms with Crippen LogP contribution in [0.5, 0.6) is 5.75 Å². The minimum absolute atomic E-state index is 0.0714. The quantitative estimate of drug-likeness (QED) is 0.636. The number of rotatable bonds is 0. The van der Waals surface area contributed by atoms with E-state index in [-0.39, 0.29) is 21.8 Å². The van der Waals surface area contributed by atoms with E-state index in [0.29, 0.717) is 12.2 Å². The molecule has 1 atom stereocenters. The second-order valence-electron chi connectivity index (χ2n) is 3.38. The zero-order chi connectivity index (χ0) is 10.3. The maximum absolute atomic E-state index is 11.6. The Morgan fingerprint density at radius 2 is 2.36 bits per heavy atom. The first-order valence-electron chi connectivity index (χ1n) is 4.36. The predicted molar refractivity (Wildman–Crippen MR) is 58.2 cm³/mol. The third-order valence-electron chi connectivity index (χ3n) is 2.34. The Morgan fingerprint density at radius 1 is 1.64 bits per heavy atom. The van der Waals surface area contributed by atoms with Crippen LogP contribution in [0.1, 0.15) is 11.5 Å². The third-order valence-corrected chi connectivity index (χ3v) is 3.76. The number of aryl methyl sites for hydroxylation is 1. The van der Waals surface area contributed by atoms with E-state index >= 15 is 0 Å². The molecule has 1 unspecified atom stereocenters. The van der Waals surface area contributed by atoms with Crippen molar-refractivity contribution in [2.24, 2.45) is 0 Å². The fourth-order valence-electron chi connectivity index (χ4n) is 1.52. The van der Waals surface area contributed by atoms with E-state index in [0.717, 1.165) is 17.3 Å². The molecule has 0 fully saturated rings. The molecule has 14 heavy (non-hydrogen) atoms. The Labute approximate surface area is 84.2 Å². The number of hydrogen-bond donors (Lipinski definition) is 1. The number of nitrogens with zero attached hydrogens (tertiary/aromatic N) is 2. The van der Waals surface area contributed by atoms with Crippen molar-refractivity contribution in [1.82, 2.24) is 9.55 Å². The highest BCUT2D eigenvalue weighted by atomic mass is 32.2. The van der Waals surface area contributed by atoms with Gasteiger partial charge in [-0.05, 0) is 6.92 Å². The molecule has 0 spiro atoms. The van der Waals surface area contributed by atoms with Crippen molar-refractivity contribution in [3.05, 3.63) is 21.9 Å². The molecule has 2 rings (SSSR count). The molecule has 2 heterocycles. The predicted octanol–water partition coefficient (Wildman–Crippen LogP) is 0.472. The van der Waals surface area contributed by atoms with Gasteiger partial charge in [-0.1, -0.05) is 5.87 Å². The van der Waals surface area contributed by atoms with Crippen molar-refractivity contribution in [3.63, 3.8) is 0 Å². The number of aromatic hydroxyl groups is 1. The Morgan fingerprint density at radius 3 is 3.07 bits per heavy atom. The zero-order valence-electron chi connectivity index (χ0n) is 7.99. The molecule has 0 bridgehead atoms. The van der Waals surface area contributed by atoms with Gasteiger partial charge in [0, 0.05) is 18.1 Å². The first kappa shape index (κ1) is 9.45. The van der Waals surface area contributed by atoms with Crippen LogP contribution in [0.25, 0.3) is 0 Å². The van der Waals surface area contributed by atoms with E-state index in [4.69, 9.17) is 0 Å². The van der Waals surface area contributed by atoms with Crippen LogP contribution in [0.2, 0.25) is 0 Å². The summed E-state index contributed by atoms with van der Waals surface area (Å²) in [4.78, 5) is 15.8. The second kappa shape index (κ2) is 3.24. The van der Waals surface area contributed by atoms with Crippen LogP contribution in [0.15, 0.2) is 4.79 Å². The zero-order valence-corrected chi connectivity index (χ0v) is 8.80. The lowest BCUT2D eigenvalue weighted by molar-refractivity contribution is 0.444. The van der Waals surface area contributed by atoms with E-state index in [9.17, 15) is 9.90 Å². The highest BCUT2D eigenvalue weighted by molar-refractivity contribution is 8.13. The Kier molecular flexibility index (Phi) is 2.19. The lowest BCUT2D eigenvalue weighted by Gasteiger charge is -2.20. The molecule has 0 saturated heterocycles. The SMILES string of the molecule is C=S1CCn2c(nc(C)c(O)c2=O)C1. The summed E-state index contributed by atoms with van der Waals surface area (Å²) in [5.41, 5.74) is 0.101. The van der Waals surface area contributed by atoms with Gasteiger partial charge in [0.15, 0.2) is 0 Å². The van der Waals surface area contributed by atoms with Gasteiger partial charge in [-0.25, -0.2) is 4.98 Å². The lowest BCUT2D eigenvalue weighted by atomic mass is 10.4. The third kappa shape index (κ3) is 1.37. The van der Waals surface area contributed by atoms with Crippen LogP contribution in [-0.2, 0) is 12.3 Å². The van der Waals surface area contributed by atoms with E-state index in [2.05, 4.69) is 10.9 Å². The minimum Gasteiger partial charge on any atom is -0.502 e. The van der Waals surface area contributed by atoms with Crippen molar-refractivity contribution in [2.75, 3.05) is 5.75 Å². The summed E-state index contributed by atoms with van der Waals surface area (Å²) in [5.74, 6) is 6.17. The summed E-state index contributed by atoms with van der Waals surface area (Å²) >= 11 is 0. The summed E-state index contributed by atoms with van der Waals surface area (Å²) in [6.07, 6.45) is 0. The second-order valence-corrected chi connectivity index (χ2v) is 5.30. The molecular weight excluding hydrogens is 200 g/mol. The Hall–Kier alpha value is -1.10. The van der Waals surface area contributed by atoms with Crippen LogP contribution in [0.4, 0.5) is 0 Å². The average Bonchev–Trinajstić information content (AvgIpc) is 2.14. The number of hydrogen-bond acceptors (Lipinski definition) is 3. The standard InChI is InChI=1S/C9H12N2O2S/c1-6-8(12)9(13)11-3-4-14(2)5-7(11)10-6/h12H,2-5H2,1H3. The molecule has 1 aromatic rings. The van der Waals surface area contributed by atoms with Gasteiger partial charge in [-0.2, -0.15) is 10.5 Å². The van der Waals surface area contributed by atoms with Crippen molar-refractivity contribution < 1.29 is 5.11 Å². The Bertz CT molecular complexity index is 465. The monoisotopic (exact) mass is 212 g/mol. The van der Waals surface area contributed by atoms with Crippen molar-refractivity contribution in [3.8, 4) is 5.75 Å². The first-order chi connectivity index (χ1) is 6.59. The largest absolute Gasteiger partial charge is 0.502 e. The molecule has 5 heteroatoms. The smallest absolute Gasteiger partial charge is 0.296 e. The highest BCUT2D eigenvalue weighted by Crippen LogP contribution is 2.22. The van der Waals surface area contributed by atoms with Gasteiger partial charge in [0.05, 0.1) is 5.69 Å². The molecule has 4 nitrogen and oxygen atoms in total. The summed E-state index contributed by atoms with van der Waals surface area (Å²) in [7, 11) is 0.0714. The topological polar surface area (TPSA) is 55.1 Å². The van der Waals surface area contributed by atoms with Crippen molar-refractivity contribution in [1.29, 1.82) is 0 Å². The molecule has 0 saturated carbocycles. The van der Waals surface area contributed by atoms with Crippen LogP contribution in [0.3, 0.4) is 0 Å². The molecule has 0 amide bonds. The summed E-state index contributed by atoms with van der Waals surface area (Å²) in [5, 5.41) is 9.42. The van der Waals surface area contributed by atoms with E-state index in [1.165, 1.54) is 0 Å². The van der Waals surface area contributed by atoms with Gasteiger partial charge in [0.1, 0.15) is 5.82 Å². The fraction of sp³-hybridized carbons (Fsp3) is 0.444. The van der Waals surface area contributed by atoms with Crippen LogP contribution in [0, 0.1) is 6.92 Å². The van der Waals surface area contributed by atoms with E-state index < -0.39 is 0 Å². The van der Waals surface area contributed by atoms with Gasteiger partial charge in [0.25, 0.3) is 5.56 Å². The van der Waals surface area contributed by atoms with Gasteiger partial charge < -0.3 is 5.11 Å². The molecular formula is C9H12N2O2S. The lowest BCUT2D eigenvalue weighted by Crippen LogP contribution is -2.29. The highest BCUT2D eigenvalue weighted by Gasteiger charge is 2.17. The molecule has 76 valence electrons. The van der Waals surface area contributed by atoms with Gasteiger partial charge in [-0.15, -0.1) is 0 Å². The minimum atomic E-state index is -0.316.